The predicted octanol–water partition coefficient (Wildman–Crippen LogP) is 10.9. The molecule has 0 aliphatic carbocycles. The van der Waals surface area contributed by atoms with E-state index in [-0.39, 0.29) is 39.7 Å². The van der Waals surface area contributed by atoms with Gasteiger partial charge >= 0.3 is 12.4 Å². The van der Waals surface area contributed by atoms with Crippen LogP contribution in [0.25, 0.3) is 66.1 Å². The highest BCUT2D eigenvalue weighted by atomic mass is 19.4. The molecule has 0 spiro atoms. The van der Waals surface area contributed by atoms with E-state index in [2.05, 4.69) is 24.3 Å². The van der Waals surface area contributed by atoms with Crippen LogP contribution >= 0.6 is 0 Å². The fourth-order valence-electron chi connectivity index (χ4n) is 7.22. The molecule has 2 aromatic heterocycles. The van der Waals surface area contributed by atoms with Gasteiger partial charge < -0.3 is 9.13 Å². The van der Waals surface area contributed by atoms with Crippen molar-refractivity contribution < 1.29 is 26.3 Å². The smallest absolute Gasteiger partial charge is 0.307 e. The van der Waals surface area contributed by atoms with E-state index in [9.17, 15) is 52.7 Å². The van der Waals surface area contributed by atoms with Gasteiger partial charge in [-0.15, -0.1) is 0 Å². The van der Waals surface area contributed by atoms with Crippen LogP contribution in [0.1, 0.15) is 38.9 Å². The number of fused-ring (bicyclic) bond motifs is 6. The van der Waals surface area contributed by atoms with Crippen LogP contribution in [0.4, 0.5) is 26.3 Å². The van der Waals surface area contributed by atoms with Crippen LogP contribution in [0.2, 0.25) is 0 Å². The first-order valence-corrected chi connectivity index (χ1v) is 16.4. The highest BCUT2D eigenvalue weighted by molar-refractivity contribution is 6.12. The van der Waals surface area contributed by atoms with Crippen LogP contribution in [-0.2, 0) is 12.4 Å². The Balaban J connectivity index is 1.59. The van der Waals surface area contributed by atoms with Crippen LogP contribution in [0, 0.1) is 56.7 Å². The Hall–Kier alpha value is -8.05. The van der Waals surface area contributed by atoms with Crippen molar-refractivity contribution >= 4 is 43.6 Å². The first-order valence-electron chi connectivity index (χ1n) is 16.4. The Kier molecular flexibility index (Phi) is 7.83. The van der Waals surface area contributed by atoms with E-state index in [1.54, 1.807) is 81.9 Å². The normalized spacial score (nSPS) is 11.7. The molecule has 0 fully saturated rings. The van der Waals surface area contributed by atoms with Gasteiger partial charge in [-0.05, 0) is 109 Å². The maximum atomic E-state index is 14.1. The van der Waals surface area contributed by atoms with Crippen molar-refractivity contribution in [3.8, 4) is 52.8 Å². The van der Waals surface area contributed by atoms with Gasteiger partial charge in [0.15, 0.2) is 0 Å². The summed E-state index contributed by atoms with van der Waals surface area (Å²) in [6.45, 7) is 0. The molecule has 0 unspecified atom stereocenters. The maximum Gasteiger partial charge on any atom is 0.416 e. The molecular formula is C43H17F6N7. The van der Waals surface area contributed by atoms with Crippen molar-refractivity contribution in [1.29, 1.82) is 26.3 Å². The molecule has 7 nitrogen and oxygen atoms in total. The van der Waals surface area contributed by atoms with Gasteiger partial charge in [0.2, 0.25) is 0 Å². The topological polar surface area (TPSA) is 129 Å². The number of hydrogen-bond acceptors (Lipinski definition) is 5. The first-order chi connectivity index (χ1) is 26.8. The third-order valence-electron chi connectivity index (χ3n) is 9.66. The molecule has 2 heterocycles. The van der Waals surface area contributed by atoms with Crippen LogP contribution in [0.15, 0.2) is 103 Å². The summed E-state index contributed by atoms with van der Waals surface area (Å²) in [6.07, 6.45) is -10.3. The standard InChI is InChI=1S/C43H17F6N7/c44-42(45,46)29-13-27(14-30(16-29)43(47,48)49)31-17-41(56-38-7-3-25(20-52)11-34(38)35-12-26(21-53)4-8-39(35)56)40(15-28(31)22-54)55-36-5-1-23(18-50)9-32(36)33-10-24(19-51)2-6-37(33)55/h1-17H. The molecule has 0 bridgehead atoms. The summed E-state index contributed by atoms with van der Waals surface area (Å²) >= 11 is 0. The molecule has 0 saturated carbocycles. The summed E-state index contributed by atoms with van der Waals surface area (Å²) in [4.78, 5) is 0. The minimum atomic E-state index is -5.16. The summed E-state index contributed by atoms with van der Waals surface area (Å²) in [7, 11) is 0. The molecule has 8 rings (SSSR count). The van der Waals surface area contributed by atoms with E-state index in [0.29, 0.717) is 66.9 Å². The fourth-order valence-corrected chi connectivity index (χ4v) is 7.22. The molecule has 13 heteroatoms. The lowest BCUT2D eigenvalue weighted by atomic mass is 9.94. The first kappa shape index (κ1) is 35.0. The third kappa shape index (κ3) is 5.50. The van der Waals surface area contributed by atoms with E-state index in [4.69, 9.17) is 0 Å². The van der Waals surface area contributed by atoms with Crippen LogP contribution < -0.4 is 0 Å². The molecule has 56 heavy (non-hydrogen) atoms. The van der Waals surface area contributed by atoms with E-state index >= 15 is 0 Å². The number of rotatable bonds is 3. The Morgan fingerprint density at radius 3 is 1.04 bits per heavy atom. The molecule has 0 aliphatic rings. The van der Waals surface area contributed by atoms with Gasteiger partial charge in [-0.3, -0.25) is 0 Å². The van der Waals surface area contributed by atoms with Gasteiger partial charge in [0.1, 0.15) is 0 Å². The van der Waals surface area contributed by atoms with E-state index < -0.39 is 29.0 Å². The molecule has 266 valence electrons. The number of alkyl halides is 6. The van der Waals surface area contributed by atoms with E-state index in [0.717, 1.165) is 0 Å². The van der Waals surface area contributed by atoms with Crippen molar-refractivity contribution in [1.82, 2.24) is 9.13 Å². The largest absolute Gasteiger partial charge is 0.416 e. The molecule has 0 saturated heterocycles. The molecule has 0 amide bonds. The van der Waals surface area contributed by atoms with Crippen molar-refractivity contribution in [3.05, 3.63) is 142 Å². The monoisotopic (exact) mass is 745 g/mol. The summed E-state index contributed by atoms with van der Waals surface area (Å²) in [5, 5.41) is 51.8. The van der Waals surface area contributed by atoms with Gasteiger partial charge in [0.25, 0.3) is 0 Å². The lowest BCUT2D eigenvalue weighted by Gasteiger charge is -2.20. The number of hydrogen-bond donors (Lipinski definition) is 0. The number of nitriles is 5. The van der Waals surface area contributed by atoms with Crippen LogP contribution in [-0.4, -0.2) is 9.13 Å². The quantitative estimate of drug-likeness (QED) is 0.166. The molecule has 0 radical (unpaired) electrons. The summed E-state index contributed by atoms with van der Waals surface area (Å²) < 4.78 is 88.3. The van der Waals surface area contributed by atoms with Gasteiger partial charge in [0.05, 0.1) is 103 Å². The molecule has 0 N–H and O–H groups in total. The minimum absolute atomic E-state index is 0.0143. The molecule has 8 aromatic rings. The predicted molar refractivity (Wildman–Crippen MR) is 194 cm³/mol. The van der Waals surface area contributed by atoms with Crippen molar-refractivity contribution in [2.24, 2.45) is 0 Å². The molecule has 0 aliphatic heterocycles. The van der Waals surface area contributed by atoms with Gasteiger partial charge in [0, 0.05) is 27.1 Å². The summed E-state index contributed by atoms with van der Waals surface area (Å²) in [5.41, 5.74) is -0.562. The zero-order valence-corrected chi connectivity index (χ0v) is 28.2. The molecule has 6 aromatic carbocycles. The van der Waals surface area contributed by atoms with E-state index in [1.807, 2.05) is 6.07 Å². The van der Waals surface area contributed by atoms with Crippen molar-refractivity contribution in [2.75, 3.05) is 0 Å². The Morgan fingerprint density at radius 2 is 0.732 bits per heavy atom. The van der Waals surface area contributed by atoms with E-state index in [1.165, 1.54) is 12.1 Å². The number of benzene rings is 6. The van der Waals surface area contributed by atoms with Crippen LogP contribution in [0.3, 0.4) is 0 Å². The highest BCUT2D eigenvalue weighted by Crippen LogP contribution is 2.44. The Morgan fingerprint density at radius 1 is 0.393 bits per heavy atom. The highest BCUT2D eigenvalue weighted by Gasteiger charge is 2.37. The third-order valence-corrected chi connectivity index (χ3v) is 9.66. The SMILES string of the molecule is N#Cc1ccc2c(c1)c1cc(C#N)ccc1n2-c1cc(C#N)c(-c2cc(C(F)(F)F)cc(C(F)(F)F)c2)cc1-n1c2ccc(C#N)cc2c2cc(C#N)ccc21. The lowest BCUT2D eigenvalue weighted by molar-refractivity contribution is -0.143. The average molecular weight is 746 g/mol. The Bertz CT molecular complexity index is 3060. The second kappa shape index (κ2) is 12.5. The van der Waals surface area contributed by atoms with Crippen molar-refractivity contribution in [2.45, 2.75) is 12.4 Å². The van der Waals surface area contributed by atoms with Gasteiger partial charge in [-0.1, -0.05) is 0 Å². The number of aromatic nitrogens is 2. The van der Waals surface area contributed by atoms with Crippen LogP contribution in [0.5, 0.6) is 0 Å². The second-order valence-electron chi connectivity index (χ2n) is 12.8. The average Bonchev–Trinajstić information content (AvgIpc) is 3.70. The molecular weight excluding hydrogens is 729 g/mol. The molecule has 0 atom stereocenters. The van der Waals surface area contributed by atoms with Gasteiger partial charge in [-0.25, -0.2) is 0 Å². The second-order valence-corrected chi connectivity index (χ2v) is 12.8. The van der Waals surface area contributed by atoms with Gasteiger partial charge in [-0.2, -0.15) is 52.7 Å². The number of halogens is 6. The zero-order valence-electron chi connectivity index (χ0n) is 28.2. The zero-order chi connectivity index (χ0) is 39.7. The summed E-state index contributed by atoms with van der Waals surface area (Å²) in [6, 6.07) is 33.5. The minimum Gasteiger partial charge on any atom is -0.307 e. The summed E-state index contributed by atoms with van der Waals surface area (Å²) in [5.74, 6) is 0. The van der Waals surface area contributed by atoms with Crippen molar-refractivity contribution in [3.63, 3.8) is 0 Å². The fraction of sp³-hybridized carbons (Fsp3) is 0.0465. The lowest BCUT2D eigenvalue weighted by Crippen LogP contribution is -2.11. The maximum absolute atomic E-state index is 14.1. The number of nitrogens with zero attached hydrogens (tertiary/aromatic N) is 7. The Labute approximate surface area is 312 Å².